The predicted molar refractivity (Wildman–Crippen MR) is 86.7 cm³/mol. The van der Waals surface area contributed by atoms with Crippen LogP contribution in [0.5, 0.6) is 0 Å². The lowest BCUT2D eigenvalue weighted by molar-refractivity contribution is 0.628. The second-order valence-corrected chi connectivity index (χ2v) is 4.37. The van der Waals surface area contributed by atoms with Gasteiger partial charge in [0.2, 0.25) is 0 Å². The van der Waals surface area contributed by atoms with E-state index in [0.717, 1.165) is 11.4 Å². The van der Waals surface area contributed by atoms with Gasteiger partial charge in [0.15, 0.2) is 0 Å². The van der Waals surface area contributed by atoms with Crippen LogP contribution in [-0.2, 0) is 0 Å². The van der Waals surface area contributed by atoms with E-state index in [-0.39, 0.29) is 5.82 Å². The highest BCUT2D eigenvalue weighted by molar-refractivity contribution is 5.99. The Kier molecular flexibility index (Phi) is 5.17. The minimum Gasteiger partial charge on any atom is -0.343 e. The molecule has 0 fully saturated rings. The summed E-state index contributed by atoms with van der Waals surface area (Å²) in [5.74, 6) is 0.439. The number of benzene rings is 2. The number of aliphatic imine (C=N–C) groups is 2. The van der Waals surface area contributed by atoms with Crippen LogP contribution in [0.2, 0.25) is 0 Å². The normalized spacial score (nSPS) is 11.2. The summed E-state index contributed by atoms with van der Waals surface area (Å²) in [6, 6.07) is 13.6. The van der Waals surface area contributed by atoms with Crippen LogP contribution in [0.1, 0.15) is 0 Å². The summed E-state index contributed by atoms with van der Waals surface area (Å²) in [7, 11) is 1.83. The van der Waals surface area contributed by atoms with E-state index in [0.29, 0.717) is 18.1 Å². The van der Waals surface area contributed by atoms with Crippen LogP contribution >= 0.6 is 0 Å². The number of hydrogen-bond donors (Lipinski definition) is 2. The first-order valence-electron chi connectivity index (χ1n) is 6.53. The maximum Gasteiger partial charge on any atom is 0.123 e. The molecule has 0 aliphatic heterocycles. The van der Waals surface area contributed by atoms with Crippen LogP contribution in [0, 0.1) is 5.82 Å². The molecule has 0 spiro atoms. The highest BCUT2D eigenvalue weighted by Gasteiger charge is 2.03. The SMILES string of the molecule is C=Nc1ccccc1N=C(CNC)Nc1ccc(F)cc1. The molecule has 0 heterocycles. The number of halogens is 1. The predicted octanol–water partition coefficient (Wildman–Crippen LogP) is 3.52. The number of nitrogens with zero attached hydrogens (tertiary/aromatic N) is 2. The Morgan fingerprint density at radius 3 is 2.38 bits per heavy atom. The van der Waals surface area contributed by atoms with Gasteiger partial charge < -0.3 is 10.6 Å². The Labute approximate surface area is 123 Å². The van der Waals surface area contributed by atoms with Gasteiger partial charge in [0, 0.05) is 5.69 Å². The van der Waals surface area contributed by atoms with E-state index >= 15 is 0 Å². The van der Waals surface area contributed by atoms with Gasteiger partial charge in [0.05, 0.1) is 17.9 Å². The molecule has 0 saturated carbocycles. The quantitative estimate of drug-likeness (QED) is 0.652. The molecule has 0 aromatic heterocycles. The molecular weight excluding hydrogens is 267 g/mol. The molecule has 0 atom stereocenters. The molecule has 0 saturated heterocycles. The average Bonchev–Trinajstić information content (AvgIpc) is 2.50. The first-order chi connectivity index (χ1) is 10.2. The van der Waals surface area contributed by atoms with Gasteiger partial charge in [-0.25, -0.2) is 9.38 Å². The largest absolute Gasteiger partial charge is 0.343 e. The highest BCUT2D eigenvalue weighted by atomic mass is 19.1. The molecule has 108 valence electrons. The topological polar surface area (TPSA) is 48.8 Å². The summed E-state index contributed by atoms with van der Waals surface area (Å²) in [5, 5.41) is 6.21. The molecular formula is C16H17FN4. The molecule has 0 bridgehead atoms. The van der Waals surface area contributed by atoms with Gasteiger partial charge in [-0.2, -0.15) is 0 Å². The van der Waals surface area contributed by atoms with Crippen molar-refractivity contribution in [2.24, 2.45) is 9.98 Å². The molecule has 0 radical (unpaired) electrons. The molecule has 2 N–H and O–H groups in total. The van der Waals surface area contributed by atoms with Gasteiger partial charge in [0.25, 0.3) is 0 Å². The van der Waals surface area contributed by atoms with Crippen LogP contribution < -0.4 is 10.6 Å². The van der Waals surface area contributed by atoms with Gasteiger partial charge in [-0.1, -0.05) is 12.1 Å². The van der Waals surface area contributed by atoms with E-state index in [9.17, 15) is 4.39 Å². The van der Waals surface area contributed by atoms with Crippen molar-refractivity contribution in [3.8, 4) is 0 Å². The van der Waals surface area contributed by atoms with E-state index in [2.05, 4.69) is 27.3 Å². The van der Waals surface area contributed by atoms with Gasteiger partial charge in [0.1, 0.15) is 11.7 Å². The summed E-state index contributed by atoms with van der Waals surface area (Å²) in [4.78, 5) is 8.50. The number of hydrogen-bond acceptors (Lipinski definition) is 3. The smallest absolute Gasteiger partial charge is 0.123 e. The van der Waals surface area contributed by atoms with Crippen LogP contribution in [0.25, 0.3) is 0 Å². The Hall–Kier alpha value is -2.53. The van der Waals surface area contributed by atoms with Crippen molar-refractivity contribution in [3.05, 3.63) is 54.3 Å². The summed E-state index contributed by atoms with van der Waals surface area (Å²) >= 11 is 0. The van der Waals surface area contributed by atoms with Crippen molar-refractivity contribution >= 4 is 29.6 Å². The van der Waals surface area contributed by atoms with Gasteiger partial charge in [-0.05, 0) is 50.2 Å². The molecule has 2 aromatic rings. The van der Waals surface area contributed by atoms with Crippen LogP contribution in [0.4, 0.5) is 21.5 Å². The second-order valence-electron chi connectivity index (χ2n) is 4.37. The maximum absolute atomic E-state index is 12.9. The lowest BCUT2D eigenvalue weighted by Gasteiger charge is -2.10. The van der Waals surface area contributed by atoms with Crippen molar-refractivity contribution in [3.63, 3.8) is 0 Å². The third-order valence-electron chi connectivity index (χ3n) is 2.78. The Balaban J connectivity index is 2.27. The van der Waals surface area contributed by atoms with Gasteiger partial charge in [-0.15, -0.1) is 0 Å². The molecule has 5 heteroatoms. The van der Waals surface area contributed by atoms with Gasteiger partial charge in [-0.3, -0.25) is 4.99 Å². The summed E-state index contributed by atoms with van der Waals surface area (Å²) < 4.78 is 12.9. The number of anilines is 1. The molecule has 4 nitrogen and oxygen atoms in total. The molecule has 0 aliphatic carbocycles. The first-order valence-corrected chi connectivity index (χ1v) is 6.53. The fourth-order valence-corrected chi connectivity index (χ4v) is 1.82. The fraction of sp³-hybridized carbons (Fsp3) is 0.125. The Morgan fingerprint density at radius 2 is 1.76 bits per heavy atom. The maximum atomic E-state index is 12.9. The van der Waals surface area contributed by atoms with Crippen molar-refractivity contribution < 1.29 is 4.39 Å². The van der Waals surface area contributed by atoms with Crippen LogP contribution in [0.15, 0.2) is 58.5 Å². The molecule has 0 unspecified atom stereocenters. The van der Waals surface area contributed by atoms with Crippen molar-refractivity contribution in [1.82, 2.24) is 5.32 Å². The fourth-order valence-electron chi connectivity index (χ4n) is 1.82. The van der Waals surface area contributed by atoms with E-state index in [1.54, 1.807) is 12.1 Å². The summed E-state index contributed by atoms with van der Waals surface area (Å²) in [6.45, 7) is 4.09. The average molecular weight is 284 g/mol. The first kappa shape index (κ1) is 14.9. The number of para-hydroxylation sites is 2. The van der Waals surface area contributed by atoms with Gasteiger partial charge >= 0.3 is 0 Å². The van der Waals surface area contributed by atoms with E-state index in [1.807, 2.05) is 31.3 Å². The lowest BCUT2D eigenvalue weighted by atomic mass is 10.2. The monoisotopic (exact) mass is 284 g/mol. The zero-order valence-corrected chi connectivity index (χ0v) is 11.8. The third-order valence-corrected chi connectivity index (χ3v) is 2.78. The lowest BCUT2D eigenvalue weighted by Crippen LogP contribution is -2.25. The number of nitrogens with one attached hydrogen (secondary N) is 2. The molecule has 2 rings (SSSR count). The third kappa shape index (κ3) is 4.22. The zero-order chi connectivity index (χ0) is 15.1. The minimum absolute atomic E-state index is 0.270. The molecule has 0 aliphatic rings. The van der Waals surface area contributed by atoms with Crippen molar-refractivity contribution in [2.45, 2.75) is 0 Å². The molecule has 0 amide bonds. The van der Waals surface area contributed by atoms with E-state index < -0.39 is 0 Å². The second kappa shape index (κ2) is 7.31. The molecule has 21 heavy (non-hydrogen) atoms. The Bertz CT molecular complexity index is 635. The summed E-state index contributed by atoms with van der Waals surface area (Å²) in [6.07, 6.45) is 0. The summed E-state index contributed by atoms with van der Waals surface area (Å²) in [5.41, 5.74) is 2.22. The van der Waals surface area contributed by atoms with Crippen molar-refractivity contribution in [2.75, 3.05) is 18.9 Å². The number of amidine groups is 1. The minimum atomic E-state index is -0.270. The number of rotatable bonds is 5. The van der Waals surface area contributed by atoms with Crippen LogP contribution in [0.3, 0.4) is 0 Å². The highest BCUT2D eigenvalue weighted by Crippen LogP contribution is 2.26. The molecule has 2 aromatic carbocycles. The zero-order valence-electron chi connectivity index (χ0n) is 11.8. The Morgan fingerprint density at radius 1 is 1.10 bits per heavy atom. The van der Waals surface area contributed by atoms with E-state index in [1.165, 1.54) is 12.1 Å². The van der Waals surface area contributed by atoms with Crippen LogP contribution in [-0.4, -0.2) is 26.1 Å². The number of likely N-dealkylation sites (N-methyl/N-ethyl adjacent to an activating group) is 1. The van der Waals surface area contributed by atoms with E-state index in [4.69, 9.17) is 0 Å². The van der Waals surface area contributed by atoms with Crippen molar-refractivity contribution in [1.29, 1.82) is 0 Å². The standard InChI is InChI=1S/C16H17FN4/c1-18-11-16(20-13-9-7-12(17)8-10-13)21-15-6-4-3-5-14(15)19-2/h3-10,18H,2,11H2,1H3,(H,20,21).